The Hall–Kier alpha value is -2.94. The van der Waals surface area contributed by atoms with E-state index in [-0.39, 0.29) is 15.6 Å². The third kappa shape index (κ3) is 10.3. The zero-order valence-corrected chi connectivity index (χ0v) is 21.7. The average Bonchev–Trinajstić information content (AvgIpc) is 2.77. The van der Waals surface area contributed by atoms with Gasteiger partial charge >= 0.3 is 18.7 Å². The first-order chi connectivity index (χ1) is 17.8. The number of carbonyl (C=O) groups is 2. The molecular formula is C23H17BrClF9N2O3. The van der Waals surface area contributed by atoms with Gasteiger partial charge in [-0.2, -0.15) is 26.3 Å². The van der Waals surface area contributed by atoms with Crippen LogP contribution in [0.15, 0.2) is 46.9 Å². The van der Waals surface area contributed by atoms with Gasteiger partial charge < -0.3 is 15.4 Å². The molecule has 0 bridgehead atoms. The summed E-state index contributed by atoms with van der Waals surface area (Å²) in [7, 11) is 0. The van der Waals surface area contributed by atoms with Gasteiger partial charge in [0.2, 0.25) is 5.91 Å². The summed E-state index contributed by atoms with van der Waals surface area (Å²) >= 11 is 8.75. The van der Waals surface area contributed by atoms with Gasteiger partial charge in [0, 0.05) is 4.47 Å². The number of benzene rings is 2. The number of alkyl halides is 9. The average molecular weight is 656 g/mol. The van der Waals surface area contributed by atoms with Crippen LogP contribution < -0.4 is 15.4 Å². The molecule has 2 amide bonds. The maximum Gasteiger partial charge on any atom is 0.573 e. The smallest absolute Gasteiger partial charge is 0.404 e. The largest absolute Gasteiger partial charge is 0.573 e. The Balaban J connectivity index is 2.19. The number of nitrogens with one attached hydrogen (secondary N) is 2. The summed E-state index contributed by atoms with van der Waals surface area (Å²) in [5.41, 5.74) is -0.361. The third-order valence-electron chi connectivity index (χ3n) is 4.82. The monoisotopic (exact) mass is 654 g/mol. The molecule has 2 aromatic rings. The van der Waals surface area contributed by atoms with Crippen LogP contribution in [0.2, 0.25) is 5.02 Å². The first-order valence-electron chi connectivity index (χ1n) is 10.5. The molecule has 2 aromatic carbocycles. The van der Waals surface area contributed by atoms with E-state index in [1.165, 1.54) is 18.2 Å². The van der Waals surface area contributed by atoms with E-state index < -0.39 is 65.4 Å². The Morgan fingerprint density at radius 2 is 1.67 bits per heavy atom. The van der Waals surface area contributed by atoms with E-state index in [0.717, 1.165) is 25.1 Å². The molecule has 0 aliphatic carbocycles. The second-order valence-corrected chi connectivity index (χ2v) is 9.15. The molecular weight excluding hydrogens is 639 g/mol. The molecule has 0 saturated heterocycles. The first-order valence-corrected chi connectivity index (χ1v) is 11.7. The topological polar surface area (TPSA) is 67.4 Å². The highest BCUT2D eigenvalue weighted by Crippen LogP contribution is 2.40. The van der Waals surface area contributed by atoms with Crippen LogP contribution in [0.4, 0.5) is 39.5 Å². The van der Waals surface area contributed by atoms with Crippen LogP contribution in [0.1, 0.15) is 34.3 Å². The van der Waals surface area contributed by atoms with Gasteiger partial charge in [-0.1, -0.05) is 35.9 Å². The lowest BCUT2D eigenvalue weighted by Crippen LogP contribution is -2.47. The van der Waals surface area contributed by atoms with E-state index in [9.17, 15) is 49.1 Å². The standard InChI is InChI=1S/C23H17BrClF9N2O3/c1-11(19(37)35-10-21(26,27)28)36-20(38)14-5-2-12(8-16(14)24)3-6-15(22(29,30)31)13-4-7-18(17(25)9-13)39-23(32,33)34/h2-9,11,15H,10H2,1H3,(H,35,37)(H,36,38)/b6-3+/t11-,15?/m1/s1. The van der Waals surface area contributed by atoms with Crippen molar-refractivity contribution < 1.29 is 53.8 Å². The molecule has 0 aliphatic rings. The molecule has 2 atom stereocenters. The first kappa shape index (κ1) is 32.3. The van der Waals surface area contributed by atoms with Gasteiger partial charge in [-0.25, -0.2) is 0 Å². The predicted octanol–water partition coefficient (Wildman–Crippen LogP) is 7.16. The molecule has 1 unspecified atom stereocenters. The summed E-state index contributed by atoms with van der Waals surface area (Å²) in [4.78, 5) is 24.2. The summed E-state index contributed by atoms with van der Waals surface area (Å²) in [5.74, 6) is -5.08. The second-order valence-electron chi connectivity index (χ2n) is 7.88. The number of ether oxygens (including phenoxy) is 1. The Kier molecular flexibility index (Phi) is 10.3. The normalized spacial score (nSPS) is 14.2. The van der Waals surface area contributed by atoms with Crippen molar-refractivity contribution >= 4 is 45.4 Å². The fraction of sp³-hybridized carbons (Fsp3) is 0.304. The highest BCUT2D eigenvalue weighted by Gasteiger charge is 2.39. The molecule has 0 aromatic heterocycles. The summed E-state index contributed by atoms with van der Waals surface area (Å²) in [6, 6.07) is 4.52. The second kappa shape index (κ2) is 12.5. The minimum absolute atomic E-state index is 0.0676. The molecule has 2 rings (SSSR count). The minimum Gasteiger partial charge on any atom is -0.404 e. The number of carbonyl (C=O) groups excluding carboxylic acids is 2. The lowest BCUT2D eigenvalue weighted by molar-refractivity contribution is -0.274. The van der Waals surface area contributed by atoms with E-state index in [2.05, 4.69) is 26.0 Å². The molecule has 0 aliphatic heterocycles. The van der Waals surface area contributed by atoms with Crippen LogP contribution in [0, 0.1) is 0 Å². The highest BCUT2D eigenvalue weighted by molar-refractivity contribution is 9.10. The van der Waals surface area contributed by atoms with Gasteiger partial charge in [-0.15, -0.1) is 13.2 Å². The number of allylic oxidation sites excluding steroid dienone is 1. The van der Waals surface area contributed by atoms with Crippen LogP contribution in [-0.4, -0.2) is 43.1 Å². The molecule has 16 heteroatoms. The van der Waals surface area contributed by atoms with Crippen LogP contribution in [-0.2, 0) is 4.79 Å². The summed E-state index contributed by atoms with van der Waals surface area (Å²) in [6.45, 7) is -0.437. The zero-order valence-electron chi connectivity index (χ0n) is 19.4. The van der Waals surface area contributed by atoms with Gasteiger partial charge in [-0.3, -0.25) is 9.59 Å². The van der Waals surface area contributed by atoms with Gasteiger partial charge in [0.15, 0.2) is 0 Å². The highest BCUT2D eigenvalue weighted by atomic mass is 79.9. The van der Waals surface area contributed by atoms with E-state index in [0.29, 0.717) is 12.1 Å². The minimum atomic E-state index is -5.09. The molecule has 5 nitrogen and oxygen atoms in total. The molecule has 0 radical (unpaired) electrons. The lowest BCUT2D eigenvalue weighted by atomic mass is 9.96. The fourth-order valence-electron chi connectivity index (χ4n) is 3.03. The molecule has 0 saturated carbocycles. The Labute approximate surface area is 228 Å². The Morgan fingerprint density at radius 3 is 2.18 bits per heavy atom. The number of hydrogen-bond donors (Lipinski definition) is 2. The van der Waals surface area contributed by atoms with Crippen molar-refractivity contribution in [3.05, 3.63) is 68.7 Å². The van der Waals surface area contributed by atoms with Gasteiger partial charge in [0.05, 0.1) is 16.5 Å². The number of rotatable bonds is 8. The van der Waals surface area contributed by atoms with Crippen molar-refractivity contribution in [3.8, 4) is 5.75 Å². The molecule has 0 fully saturated rings. The van der Waals surface area contributed by atoms with Crippen molar-refractivity contribution in [2.75, 3.05) is 6.54 Å². The Morgan fingerprint density at radius 1 is 1.03 bits per heavy atom. The number of hydrogen-bond acceptors (Lipinski definition) is 3. The maximum absolute atomic E-state index is 13.7. The van der Waals surface area contributed by atoms with Crippen LogP contribution in [0.25, 0.3) is 6.08 Å². The van der Waals surface area contributed by atoms with E-state index in [1.807, 2.05) is 0 Å². The van der Waals surface area contributed by atoms with E-state index in [1.54, 1.807) is 5.32 Å². The molecule has 0 heterocycles. The van der Waals surface area contributed by atoms with E-state index in [4.69, 9.17) is 11.6 Å². The van der Waals surface area contributed by atoms with Crippen molar-refractivity contribution in [3.63, 3.8) is 0 Å². The van der Waals surface area contributed by atoms with Crippen molar-refractivity contribution in [1.29, 1.82) is 0 Å². The van der Waals surface area contributed by atoms with Crippen LogP contribution in [0.5, 0.6) is 5.75 Å². The lowest BCUT2D eigenvalue weighted by Gasteiger charge is -2.19. The van der Waals surface area contributed by atoms with Crippen LogP contribution >= 0.6 is 27.5 Å². The summed E-state index contributed by atoms with van der Waals surface area (Å²) in [6.07, 6.45) is -12.8. The van der Waals surface area contributed by atoms with Gasteiger partial charge in [-0.05, 0) is 58.2 Å². The van der Waals surface area contributed by atoms with Crippen molar-refractivity contribution in [2.45, 2.75) is 37.6 Å². The SMILES string of the molecule is C[C@@H](NC(=O)c1ccc(/C=C/C(c2ccc(OC(F)(F)F)c(Cl)c2)C(F)(F)F)cc1Br)C(=O)NCC(F)(F)F. The third-order valence-corrected chi connectivity index (χ3v) is 5.77. The quantitative estimate of drug-likeness (QED) is 0.297. The van der Waals surface area contributed by atoms with Gasteiger partial charge in [0.25, 0.3) is 5.91 Å². The number of halogens is 11. The zero-order chi connectivity index (χ0) is 29.8. The molecule has 214 valence electrons. The number of amides is 2. The Bertz CT molecular complexity index is 1230. The van der Waals surface area contributed by atoms with Gasteiger partial charge in [0.1, 0.15) is 18.3 Å². The summed E-state index contributed by atoms with van der Waals surface area (Å²) in [5, 5.41) is 3.13. The van der Waals surface area contributed by atoms with Crippen molar-refractivity contribution in [1.82, 2.24) is 10.6 Å². The summed E-state index contributed by atoms with van der Waals surface area (Å²) < 4.78 is 119. The fourth-order valence-corrected chi connectivity index (χ4v) is 3.84. The maximum atomic E-state index is 13.7. The van der Waals surface area contributed by atoms with Crippen molar-refractivity contribution in [2.24, 2.45) is 0 Å². The molecule has 0 spiro atoms. The predicted molar refractivity (Wildman–Crippen MR) is 126 cm³/mol. The van der Waals surface area contributed by atoms with Crippen LogP contribution in [0.3, 0.4) is 0 Å². The molecule has 39 heavy (non-hydrogen) atoms. The molecule has 2 N–H and O–H groups in total. The van der Waals surface area contributed by atoms with E-state index >= 15 is 0 Å².